The van der Waals surface area contributed by atoms with Crippen LogP contribution in [0, 0.1) is 0 Å². The van der Waals surface area contributed by atoms with Gasteiger partial charge in [-0.1, -0.05) is 81.4 Å². The minimum Gasteiger partial charge on any atom is -0.388 e. The first-order valence-electron chi connectivity index (χ1n) is 9.01. The van der Waals surface area contributed by atoms with E-state index in [4.69, 9.17) is 4.43 Å². The Kier molecular flexibility index (Phi) is 4.90. The van der Waals surface area contributed by atoms with Gasteiger partial charge in [-0.05, 0) is 28.3 Å². The van der Waals surface area contributed by atoms with E-state index in [0.717, 1.165) is 16.8 Å². The largest absolute Gasteiger partial charge is 0.388 e. The van der Waals surface area contributed by atoms with E-state index >= 15 is 0 Å². The number of hydrogen-bond donors (Lipinski definition) is 2. The average Bonchev–Trinajstić information content (AvgIpc) is 2.92. The van der Waals surface area contributed by atoms with Gasteiger partial charge in [0.1, 0.15) is 6.10 Å². The Bertz CT molecular complexity index is 657. The van der Waals surface area contributed by atoms with Gasteiger partial charge in [0.15, 0.2) is 5.79 Å². The summed E-state index contributed by atoms with van der Waals surface area (Å²) < 4.78 is 6.68. The fourth-order valence-corrected chi connectivity index (χ4v) is 8.67. The molecule has 1 fully saturated rings. The molecule has 3 nitrogen and oxygen atoms in total. The minimum atomic E-state index is -2.84. The summed E-state index contributed by atoms with van der Waals surface area (Å²) in [5, 5.41) is 23.6. The summed E-state index contributed by atoms with van der Waals surface area (Å²) in [6, 6.07) is 20.4. The summed E-state index contributed by atoms with van der Waals surface area (Å²) in [5.74, 6) is -1.48. The van der Waals surface area contributed by atoms with Gasteiger partial charge < -0.3 is 14.6 Å². The van der Waals surface area contributed by atoms with Crippen molar-refractivity contribution in [3.8, 4) is 0 Å². The van der Waals surface area contributed by atoms with Crippen molar-refractivity contribution in [2.24, 2.45) is 0 Å². The molecule has 2 atom stereocenters. The summed E-state index contributed by atoms with van der Waals surface area (Å²) in [5.41, 5.74) is 0. The van der Waals surface area contributed by atoms with Gasteiger partial charge in [0, 0.05) is 6.42 Å². The van der Waals surface area contributed by atoms with E-state index in [2.05, 4.69) is 45.0 Å². The Morgan fingerprint density at radius 3 is 1.80 bits per heavy atom. The van der Waals surface area contributed by atoms with E-state index in [1.54, 1.807) is 0 Å². The molecule has 25 heavy (non-hydrogen) atoms. The van der Waals surface area contributed by atoms with Crippen molar-refractivity contribution in [3.63, 3.8) is 0 Å². The summed E-state index contributed by atoms with van der Waals surface area (Å²) in [6.07, 6.45) is 0.984. The molecule has 134 valence electrons. The van der Waals surface area contributed by atoms with Gasteiger partial charge in [-0.25, -0.2) is 0 Å². The van der Waals surface area contributed by atoms with Crippen LogP contribution < -0.4 is 10.4 Å². The van der Waals surface area contributed by atoms with Crippen molar-refractivity contribution in [2.75, 3.05) is 0 Å². The van der Waals surface area contributed by atoms with Crippen molar-refractivity contribution in [2.45, 2.75) is 57.0 Å². The predicted molar refractivity (Wildman–Crippen MR) is 104 cm³/mol. The molecule has 0 spiro atoms. The molecule has 0 bridgehead atoms. The van der Waals surface area contributed by atoms with E-state index in [9.17, 15) is 10.2 Å². The van der Waals surface area contributed by atoms with Crippen LogP contribution >= 0.6 is 0 Å². The van der Waals surface area contributed by atoms with Crippen LogP contribution in [0.2, 0.25) is 5.04 Å². The van der Waals surface area contributed by atoms with E-state index in [1.807, 2.05) is 36.4 Å². The van der Waals surface area contributed by atoms with Crippen LogP contribution in [0.25, 0.3) is 0 Å². The zero-order valence-corrected chi connectivity index (χ0v) is 16.3. The number of rotatable bonds is 4. The van der Waals surface area contributed by atoms with E-state index in [0.29, 0.717) is 12.8 Å². The topological polar surface area (TPSA) is 49.7 Å². The van der Waals surface area contributed by atoms with Crippen molar-refractivity contribution >= 4 is 18.7 Å². The average molecular weight is 357 g/mol. The molecule has 2 unspecified atom stereocenters. The monoisotopic (exact) mass is 356 g/mol. The Hall–Kier alpha value is -1.46. The van der Waals surface area contributed by atoms with E-state index in [1.165, 1.54) is 0 Å². The summed E-state index contributed by atoms with van der Waals surface area (Å²) >= 11 is 0. The fraction of sp³-hybridized carbons (Fsp3) is 0.429. The third kappa shape index (κ3) is 3.20. The summed E-state index contributed by atoms with van der Waals surface area (Å²) in [6.45, 7) is 6.51. The molecule has 0 saturated heterocycles. The molecule has 1 aliphatic carbocycles. The van der Waals surface area contributed by atoms with E-state index < -0.39 is 20.2 Å². The van der Waals surface area contributed by atoms with Gasteiger partial charge in [-0.3, -0.25) is 0 Å². The number of benzene rings is 2. The Balaban J connectivity index is 2.23. The fourth-order valence-electron chi connectivity index (χ4n) is 3.97. The van der Waals surface area contributed by atoms with Crippen LogP contribution in [0.4, 0.5) is 0 Å². The van der Waals surface area contributed by atoms with Gasteiger partial charge in [-0.2, -0.15) is 0 Å². The van der Waals surface area contributed by atoms with Gasteiger partial charge >= 0.3 is 0 Å². The molecule has 0 amide bonds. The first-order chi connectivity index (χ1) is 11.8. The highest BCUT2D eigenvalue weighted by molar-refractivity contribution is 6.99. The smallest absolute Gasteiger partial charge is 0.264 e. The van der Waals surface area contributed by atoms with Gasteiger partial charge in [0.2, 0.25) is 0 Å². The number of aliphatic hydroxyl groups is 2. The lowest BCUT2D eigenvalue weighted by atomic mass is 10.2. The lowest BCUT2D eigenvalue weighted by molar-refractivity contribution is -0.194. The molecule has 3 rings (SSSR count). The minimum absolute atomic E-state index is 0.215. The molecule has 2 N–H and O–H groups in total. The van der Waals surface area contributed by atoms with E-state index in [-0.39, 0.29) is 5.04 Å². The Labute approximate surface area is 151 Å². The molecule has 2 aromatic rings. The molecule has 0 aromatic heterocycles. The second-order valence-electron chi connectivity index (χ2n) is 8.02. The highest BCUT2D eigenvalue weighted by atomic mass is 28.4. The standard InChI is InChI=1S/C21H28O3Si/c1-20(2,3)25(17-11-6-4-7-12-17,18-13-8-5-9-14-18)24-21(23)16-10-15-19(21)22/h4-9,11-14,19,22-23H,10,15-16H2,1-3H3. The van der Waals surface area contributed by atoms with Crippen LogP contribution in [-0.2, 0) is 4.43 Å². The first kappa shape index (κ1) is 18.3. The zero-order valence-electron chi connectivity index (χ0n) is 15.3. The first-order valence-corrected chi connectivity index (χ1v) is 10.9. The number of aliphatic hydroxyl groups excluding tert-OH is 1. The van der Waals surface area contributed by atoms with Crippen molar-refractivity contribution < 1.29 is 14.6 Å². The normalized spacial score (nSPS) is 24.4. The molecule has 2 aromatic carbocycles. The Morgan fingerprint density at radius 1 is 0.960 bits per heavy atom. The van der Waals surface area contributed by atoms with Gasteiger partial charge in [-0.15, -0.1) is 0 Å². The van der Waals surface area contributed by atoms with Crippen LogP contribution in [0.1, 0.15) is 40.0 Å². The third-order valence-electron chi connectivity index (χ3n) is 5.28. The van der Waals surface area contributed by atoms with Gasteiger partial charge in [0.05, 0.1) is 0 Å². The number of hydrogen-bond acceptors (Lipinski definition) is 3. The maximum Gasteiger partial charge on any atom is 0.264 e. The van der Waals surface area contributed by atoms with Crippen molar-refractivity contribution in [3.05, 3.63) is 60.7 Å². The molecular weight excluding hydrogens is 328 g/mol. The van der Waals surface area contributed by atoms with Crippen LogP contribution in [0.15, 0.2) is 60.7 Å². The molecule has 1 aliphatic rings. The van der Waals surface area contributed by atoms with Crippen molar-refractivity contribution in [1.82, 2.24) is 0 Å². The molecule has 0 radical (unpaired) electrons. The predicted octanol–water partition coefficient (Wildman–Crippen LogP) is 2.80. The van der Waals surface area contributed by atoms with Crippen LogP contribution in [-0.4, -0.2) is 30.4 Å². The lowest BCUT2D eigenvalue weighted by Crippen LogP contribution is -2.70. The molecule has 4 heteroatoms. The SMILES string of the molecule is CC(C)(C)[Si](OC1(O)CCCC1O)(c1ccccc1)c1ccccc1. The molecule has 1 saturated carbocycles. The maximum atomic E-state index is 11.1. The quantitative estimate of drug-likeness (QED) is 0.654. The molecule has 0 aliphatic heterocycles. The summed E-state index contributed by atoms with van der Waals surface area (Å²) in [4.78, 5) is 0. The summed E-state index contributed by atoms with van der Waals surface area (Å²) in [7, 11) is -2.84. The molecule has 0 heterocycles. The third-order valence-corrected chi connectivity index (χ3v) is 10.3. The highest BCUT2D eigenvalue weighted by Gasteiger charge is 2.56. The maximum absolute atomic E-state index is 11.1. The van der Waals surface area contributed by atoms with Crippen molar-refractivity contribution in [1.29, 1.82) is 0 Å². The van der Waals surface area contributed by atoms with Crippen LogP contribution in [0.5, 0.6) is 0 Å². The molecular formula is C21H28O3Si. The zero-order chi connectivity index (χ0) is 18.1. The van der Waals surface area contributed by atoms with Crippen LogP contribution in [0.3, 0.4) is 0 Å². The Morgan fingerprint density at radius 2 is 1.44 bits per heavy atom. The second kappa shape index (κ2) is 6.69. The highest BCUT2D eigenvalue weighted by Crippen LogP contribution is 2.42. The lowest BCUT2D eigenvalue weighted by Gasteiger charge is -2.47. The van der Waals surface area contributed by atoms with Gasteiger partial charge in [0.25, 0.3) is 8.32 Å². The second-order valence-corrected chi connectivity index (χ2v) is 12.2.